The second kappa shape index (κ2) is 11.9. The average molecular weight is 589 g/mol. The van der Waals surface area contributed by atoms with E-state index >= 15 is 0 Å². The number of aromatic nitrogens is 2. The lowest BCUT2D eigenvalue weighted by Gasteiger charge is -2.28. The SMILES string of the molecule is CCc1cccc(C)c1-n1c(C)cc([C@@H]2[C@@H](c3ccccn3)NC(=S)N2c2ccc(Oc3ccc(OC)cc3)cc2)c1C. The van der Waals surface area contributed by atoms with E-state index in [1.807, 2.05) is 54.7 Å². The van der Waals surface area contributed by atoms with Crippen LogP contribution in [0.25, 0.3) is 5.69 Å². The normalized spacial score (nSPS) is 16.3. The van der Waals surface area contributed by atoms with Crippen LogP contribution in [0.2, 0.25) is 0 Å². The molecule has 1 aliphatic heterocycles. The van der Waals surface area contributed by atoms with Crippen LogP contribution >= 0.6 is 12.2 Å². The molecule has 1 aliphatic rings. The molecule has 43 heavy (non-hydrogen) atoms. The maximum atomic E-state index is 6.11. The van der Waals surface area contributed by atoms with Crippen molar-refractivity contribution in [2.45, 2.75) is 46.2 Å². The highest BCUT2D eigenvalue weighted by molar-refractivity contribution is 7.80. The van der Waals surface area contributed by atoms with Crippen molar-refractivity contribution < 1.29 is 9.47 Å². The molecule has 6 nitrogen and oxygen atoms in total. The van der Waals surface area contributed by atoms with Gasteiger partial charge < -0.3 is 24.3 Å². The highest BCUT2D eigenvalue weighted by atomic mass is 32.1. The Kier molecular flexibility index (Phi) is 7.91. The predicted octanol–water partition coefficient (Wildman–Crippen LogP) is 8.34. The highest BCUT2D eigenvalue weighted by Gasteiger charge is 2.42. The number of pyridine rings is 1. The number of ether oxygens (including phenoxy) is 2. The zero-order valence-corrected chi connectivity index (χ0v) is 26.0. The number of anilines is 1. The second-order valence-electron chi connectivity index (χ2n) is 10.9. The van der Waals surface area contributed by atoms with E-state index in [0.717, 1.165) is 35.1 Å². The van der Waals surface area contributed by atoms with Gasteiger partial charge in [0.25, 0.3) is 0 Å². The van der Waals surface area contributed by atoms with E-state index in [2.05, 4.69) is 84.9 Å². The van der Waals surface area contributed by atoms with Crippen molar-refractivity contribution in [2.75, 3.05) is 12.0 Å². The number of benzene rings is 3. The van der Waals surface area contributed by atoms with Crippen LogP contribution < -0.4 is 19.7 Å². The smallest absolute Gasteiger partial charge is 0.174 e. The first-order chi connectivity index (χ1) is 20.9. The van der Waals surface area contributed by atoms with Crippen molar-refractivity contribution in [1.29, 1.82) is 0 Å². The maximum Gasteiger partial charge on any atom is 0.174 e. The molecule has 3 aromatic carbocycles. The zero-order chi connectivity index (χ0) is 30.1. The summed E-state index contributed by atoms with van der Waals surface area (Å²) in [5.41, 5.74) is 9.40. The average Bonchev–Trinajstić information content (AvgIpc) is 3.52. The number of nitrogens with one attached hydrogen (secondary N) is 1. The number of aryl methyl sites for hydroxylation is 3. The van der Waals surface area contributed by atoms with Gasteiger partial charge >= 0.3 is 0 Å². The molecule has 2 aromatic heterocycles. The standard InChI is InChI=1S/C36H36N4O2S/c1-6-26-11-9-10-23(2)34(26)39-24(3)22-31(25(39)4)35-33(32-12-7-8-21-37-32)38-36(43)40(35)27-13-15-29(16-14-27)42-30-19-17-28(41-5)18-20-30/h7-22,33,35H,6H2,1-5H3,(H,38,43)/t33-,35-/m1/s1. The lowest BCUT2D eigenvalue weighted by Crippen LogP contribution is -2.29. The molecule has 0 amide bonds. The lowest BCUT2D eigenvalue weighted by molar-refractivity contribution is 0.413. The van der Waals surface area contributed by atoms with Gasteiger partial charge in [-0.1, -0.05) is 31.2 Å². The number of hydrogen-bond acceptors (Lipinski definition) is 4. The molecule has 6 rings (SSSR count). The summed E-state index contributed by atoms with van der Waals surface area (Å²) in [5.74, 6) is 2.28. The largest absolute Gasteiger partial charge is 0.497 e. The molecule has 0 radical (unpaired) electrons. The minimum Gasteiger partial charge on any atom is -0.497 e. The molecule has 218 valence electrons. The summed E-state index contributed by atoms with van der Waals surface area (Å²) >= 11 is 6.01. The molecule has 0 saturated carbocycles. The fraction of sp³-hybridized carbons (Fsp3) is 0.222. The Morgan fingerprint density at radius 1 is 0.860 bits per heavy atom. The van der Waals surface area contributed by atoms with Crippen LogP contribution in [-0.2, 0) is 6.42 Å². The molecule has 0 spiro atoms. The van der Waals surface area contributed by atoms with Gasteiger partial charge in [-0.2, -0.15) is 0 Å². The van der Waals surface area contributed by atoms with Gasteiger partial charge in [0.1, 0.15) is 17.2 Å². The number of para-hydroxylation sites is 1. The topological polar surface area (TPSA) is 51.6 Å². The van der Waals surface area contributed by atoms with Gasteiger partial charge in [-0.3, -0.25) is 4.98 Å². The van der Waals surface area contributed by atoms with E-state index in [4.69, 9.17) is 26.7 Å². The summed E-state index contributed by atoms with van der Waals surface area (Å²) in [6, 6.07) is 30.4. The van der Waals surface area contributed by atoms with Gasteiger partial charge in [0.15, 0.2) is 5.11 Å². The number of hydrogen-bond donors (Lipinski definition) is 1. The Hall–Kier alpha value is -4.62. The summed E-state index contributed by atoms with van der Waals surface area (Å²) in [7, 11) is 1.65. The Morgan fingerprint density at radius 3 is 2.21 bits per heavy atom. The van der Waals surface area contributed by atoms with E-state index in [9.17, 15) is 0 Å². The number of methoxy groups -OCH3 is 1. The monoisotopic (exact) mass is 588 g/mol. The first-order valence-electron chi connectivity index (χ1n) is 14.6. The molecule has 0 unspecified atom stereocenters. The molecule has 1 fully saturated rings. The van der Waals surface area contributed by atoms with Crippen molar-refractivity contribution in [3.8, 4) is 22.9 Å². The van der Waals surface area contributed by atoms with E-state index in [1.54, 1.807) is 7.11 Å². The van der Waals surface area contributed by atoms with Gasteiger partial charge in [-0.05, 0) is 123 Å². The van der Waals surface area contributed by atoms with E-state index < -0.39 is 0 Å². The number of thiocarbonyl (C=S) groups is 1. The van der Waals surface area contributed by atoms with E-state index in [0.29, 0.717) is 5.11 Å². The Morgan fingerprint density at radius 2 is 1.56 bits per heavy atom. The first-order valence-corrected chi connectivity index (χ1v) is 15.0. The third kappa shape index (κ3) is 5.37. The molecule has 1 N–H and O–H groups in total. The van der Waals surface area contributed by atoms with Gasteiger partial charge in [0, 0.05) is 23.3 Å². The molecule has 0 bridgehead atoms. The molecule has 3 heterocycles. The molecule has 5 aromatic rings. The number of rotatable bonds is 8. The fourth-order valence-electron chi connectivity index (χ4n) is 6.16. The lowest BCUT2D eigenvalue weighted by atomic mass is 9.96. The highest BCUT2D eigenvalue weighted by Crippen LogP contribution is 2.44. The molecule has 7 heteroatoms. The Labute approximate surface area is 258 Å². The van der Waals surface area contributed by atoms with E-state index in [1.165, 1.54) is 33.8 Å². The third-order valence-corrected chi connectivity index (χ3v) is 8.54. The van der Waals surface area contributed by atoms with E-state index in [-0.39, 0.29) is 12.1 Å². The minimum absolute atomic E-state index is 0.107. The van der Waals surface area contributed by atoms with Crippen molar-refractivity contribution in [2.24, 2.45) is 0 Å². The molecule has 1 saturated heterocycles. The molecule has 2 atom stereocenters. The summed E-state index contributed by atoms with van der Waals surface area (Å²) < 4.78 is 13.8. The van der Waals surface area contributed by atoms with Gasteiger partial charge in [-0.25, -0.2) is 0 Å². The molecule has 0 aliphatic carbocycles. The van der Waals surface area contributed by atoms with Crippen molar-refractivity contribution in [1.82, 2.24) is 14.9 Å². The first kappa shape index (κ1) is 28.5. The second-order valence-corrected chi connectivity index (χ2v) is 11.3. The predicted molar refractivity (Wildman–Crippen MR) is 177 cm³/mol. The quantitative estimate of drug-likeness (QED) is 0.184. The number of nitrogens with zero attached hydrogens (tertiary/aromatic N) is 3. The Balaban J connectivity index is 1.41. The van der Waals surface area contributed by atoms with Crippen LogP contribution in [0.4, 0.5) is 5.69 Å². The van der Waals surface area contributed by atoms with Crippen LogP contribution in [0.3, 0.4) is 0 Å². The van der Waals surface area contributed by atoms with Crippen LogP contribution in [-0.4, -0.2) is 21.8 Å². The van der Waals surface area contributed by atoms with Gasteiger partial charge in [-0.15, -0.1) is 0 Å². The summed E-state index contributed by atoms with van der Waals surface area (Å²) in [6.07, 6.45) is 2.81. The van der Waals surface area contributed by atoms with Crippen molar-refractivity contribution >= 4 is 23.0 Å². The summed E-state index contributed by atoms with van der Waals surface area (Å²) in [6.45, 7) is 8.81. The molecular formula is C36H36N4O2S. The maximum absolute atomic E-state index is 6.11. The fourth-order valence-corrected chi connectivity index (χ4v) is 6.51. The van der Waals surface area contributed by atoms with Crippen LogP contribution in [0.1, 0.15) is 52.8 Å². The van der Waals surface area contributed by atoms with Gasteiger partial charge in [0.05, 0.1) is 30.6 Å². The zero-order valence-electron chi connectivity index (χ0n) is 25.2. The summed E-state index contributed by atoms with van der Waals surface area (Å²) in [4.78, 5) is 6.97. The van der Waals surface area contributed by atoms with Crippen molar-refractivity contribution in [3.63, 3.8) is 0 Å². The third-order valence-electron chi connectivity index (χ3n) is 8.22. The van der Waals surface area contributed by atoms with Crippen LogP contribution in [0.15, 0.2) is 97.2 Å². The minimum atomic E-state index is -0.125. The Bertz CT molecular complexity index is 1750. The van der Waals surface area contributed by atoms with Crippen LogP contribution in [0.5, 0.6) is 17.2 Å². The molecular weight excluding hydrogens is 552 g/mol. The van der Waals surface area contributed by atoms with Gasteiger partial charge in [0.2, 0.25) is 0 Å². The van der Waals surface area contributed by atoms with Crippen LogP contribution in [0, 0.1) is 20.8 Å². The summed E-state index contributed by atoms with van der Waals surface area (Å²) in [5, 5.41) is 4.27. The van der Waals surface area contributed by atoms with Crippen molar-refractivity contribution in [3.05, 3.63) is 131 Å².